The second-order valence-electron chi connectivity index (χ2n) is 12.0. The van der Waals surface area contributed by atoms with Crippen LogP contribution in [0, 0.1) is 12.8 Å². The Morgan fingerprint density at radius 1 is 1.03 bits per heavy atom. The van der Waals surface area contributed by atoms with Gasteiger partial charge in [0.15, 0.2) is 0 Å². The third-order valence-corrected chi connectivity index (χ3v) is 7.05. The van der Waals surface area contributed by atoms with Gasteiger partial charge in [-0.1, -0.05) is 63.2 Å². The summed E-state index contributed by atoms with van der Waals surface area (Å²) in [7, 11) is 0. The summed E-state index contributed by atoms with van der Waals surface area (Å²) >= 11 is 0. The van der Waals surface area contributed by atoms with Gasteiger partial charge in [0.05, 0.1) is 0 Å². The molecule has 1 fully saturated rings. The molecule has 212 valence electrons. The van der Waals surface area contributed by atoms with Gasteiger partial charge in [0, 0.05) is 11.7 Å². The Hall–Kier alpha value is -3.35. The van der Waals surface area contributed by atoms with Crippen LogP contribution in [0.2, 0.25) is 0 Å². The van der Waals surface area contributed by atoms with Crippen LogP contribution in [-0.2, 0) is 20.7 Å². The molecule has 2 aromatic carbocycles. The highest BCUT2D eigenvalue weighted by molar-refractivity contribution is 5.99. The van der Waals surface area contributed by atoms with Gasteiger partial charge < -0.3 is 20.3 Å². The van der Waals surface area contributed by atoms with Gasteiger partial charge in [-0.3, -0.25) is 9.59 Å². The number of rotatable bonds is 10. The minimum Gasteiger partial charge on any atom is -0.444 e. The lowest BCUT2D eigenvalue weighted by molar-refractivity contribution is -0.146. The van der Waals surface area contributed by atoms with Crippen LogP contribution in [0.1, 0.15) is 90.0 Å². The van der Waals surface area contributed by atoms with Crippen molar-refractivity contribution < 1.29 is 19.1 Å². The van der Waals surface area contributed by atoms with Crippen LogP contribution < -0.4 is 10.6 Å². The van der Waals surface area contributed by atoms with Gasteiger partial charge >= 0.3 is 6.09 Å². The van der Waals surface area contributed by atoms with E-state index in [1.807, 2.05) is 69.3 Å². The maximum absolute atomic E-state index is 14.4. The lowest BCUT2D eigenvalue weighted by atomic mass is 9.87. The SMILES string of the molecule is CCc1ccc(C(C(=O)Nc2ccccc2C)N(C(=O)C(CC(C)C)NC(=O)OC(C)(C)C)C2CCC2)cc1. The molecule has 0 aliphatic heterocycles. The van der Waals surface area contributed by atoms with Crippen molar-refractivity contribution in [3.8, 4) is 0 Å². The van der Waals surface area contributed by atoms with Gasteiger partial charge in [-0.2, -0.15) is 0 Å². The minimum atomic E-state index is -0.844. The highest BCUT2D eigenvalue weighted by atomic mass is 16.6. The Bertz CT molecular complexity index is 1130. The molecular formula is C32H45N3O4. The van der Waals surface area contributed by atoms with Gasteiger partial charge in [-0.15, -0.1) is 0 Å². The molecule has 3 rings (SSSR count). The zero-order valence-electron chi connectivity index (χ0n) is 24.5. The first-order valence-electron chi connectivity index (χ1n) is 14.2. The number of nitrogens with zero attached hydrogens (tertiary/aromatic N) is 1. The standard InChI is InChI=1S/C32H45N3O4/c1-8-23-16-18-24(19-17-23)28(29(36)33-26-15-10-9-12-22(26)4)35(25-13-11-14-25)30(37)27(20-21(2)3)34-31(38)39-32(5,6)7/h9-10,12,15-19,21,25,27-28H,8,11,13-14,20H2,1-7H3,(H,33,36)(H,34,38). The molecule has 2 N–H and O–H groups in total. The second-order valence-corrected chi connectivity index (χ2v) is 12.0. The molecule has 39 heavy (non-hydrogen) atoms. The van der Waals surface area contributed by atoms with Gasteiger partial charge in [-0.25, -0.2) is 4.79 Å². The summed E-state index contributed by atoms with van der Waals surface area (Å²) in [4.78, 5) is 42.9. The summed E-state index contributed by atoms with van der Waals surface area (Å²) in [5.41, 5.74) is 2.86. The normalized spacial score (nSPS) is 15.2. The van der Waals surface area contributed by atoms with E-state index in [2.05, 4.69) is 17.6 Å². The van der Waals surface area contributed by atoms with Crippen molar-refractivity contribution in [1.82, 2.24) is 10.2 Å². The first kappa shape index (κ1) is 30.2. The predicted octanol–water partition coefficient (Wildman–Crippen LogP) is 6.56. The number of para-hydroxylation sites is 1. The lowest BCUT2D eigenvalue weighted by Gasteiger charge is -2.44. The highest BCUT2D eigenvalue weighted by Crippen LogP contribution is 2.35. The molecule has 0 spiro atoms. The van der Waals surface area contributed by atoms with Gasteiger partial charge in [0.2, 0.25) is 5.91 Å². The molecule has 0 bridgehead atoms. The van der Waals surface area contributed by atoms with Crippen LogP contribution >= 0.6 is 0 Å². The number of carbonyl (C=O) groups is 3. The van der Waals surface area contributed by atoms with Crippen LogP contribution in [0.5, 0.6) is 0 Å². The van der Waals surface area contributed by atoms with Crippen LogP contribution in [-0.4, -0.2) is 40.5 Å². The summed E-state index contributed by atoms with van der Waals surface area (Å²) in [6, 6.07) is 13.8. The summed E-state index contributed by atoms with van der Waals surface area (Å²) < 4.78 is 5.49. The smallest absolute Gasteiger partial charge is 0.408 e. The van der Waals surface area contributed by atoms with Crippen molar-refractivity contribution in [2.75, 3.05) is 5.32 Å². The summed E-state index contributed by atoms with van der Waals surface area (Å²) in [6.07, 6.45) is 3.29. The van der Waals surface area contributed by atoms with E-state index in [0.717, 1.165) is 42.4 Å². The van der Waals surface area contributed by atoms with Gasteiger partial charge in [0.1, 0.15) is 17.7 Å². The van der Waals surface area contributed by atoms with E-state index >= 15 is 0 Å². The Labute approximate surface area is 233 Å². The van der Waals surface area contributed by atoms with Crippen LogP contribution in [0.15, 0.2) is 48.5 Å². The Morgan fingerprint density at radius 3 is 2.18 bits per heavy atom. The summed E-state index contributed by atoms with van der Waals surface area (Å²) in [5, 5.41) is 5.91. The zero-order valence-corrected chi connectivity index (χ0v) is 24.5. The molecule has 0 saturated heterocycles. The number of ether oxygens (including phenoxy) is 1. The zero-order chi connectivity index (χ0) is 28.7. The number of alkyl carbamates (subject to hydrolysis) is 1. The Morgan fingerprint density at radius 2 is 1.67 bits per heavy atom. The summed E-state index contributed by atoms with van der Waals surface area (Å²) in [5.74, 6) is -0.390. The molecule has 2 unspecified atom stereocenters. The van der Waals surface area contributed by atoms with E-state index in [-0.39, 0.29) is 23.8 Å². The maximum atomic E-state index is 14.4. The maximum Gasteiger partial charge on any atom is 0.408 e. The number of nitrogens with one attached hydrogen (secondary N) is 2. The van der Waals surface area contributed by atoms with E-state index < -0.39 is 23.8 Å². The number of benzene rings is 2. The van der Waals surface area contributed by atoms with Crippen molar-refractivity contribution in [3.05, 3.63) is 65.2 Å². The number of anilines is 1. The van der Waals surface area contributed by atoms with E-state index in [1.165, 1.54) is 0 Å². The summed E-state index contributed by atoms with van der Waals surface area (Å²) in [6.45, 7) is 13.4. The van der Waals surface area contributed by atoms with Crippen molar-refractivity contribution in [2.45, 2.75) is 104 Å². The first-order valence-corrected chi connectivity index (χ1v) is 14.2. The Balaban J connectivity index is 2.03. The molecule has 7 nitrogen and oxygen atoms in total. The fourth-order valence-corrected chi connectivity index (χ4v) is 4.79. The molecule has 0 aromatic heterocycles. The topological polar surface area (TPSA) is 87.7 Å². The fourth-order valence-electron chi connectivity index (χ4n) is 4.79. The average molecular weight is 536 g/mol. The first-order chi connectivity index (χ1) is 18.4. The van der Waals surface area contributed by atoms with Crippen molar-refractivity contribution in [2.24, 2.45) is 5.92 Å². The third-order valence-electron chi connectivity index (χ3n) is 7.05. The second kappa shape index (κ2) is 13.1. The molecule has 0 heterocycles. The van der Waals surface area contributed by atoms with Gasteiger partial charge in [-0.05, 0) is 88.5 Å². The number of amides is 3. The van der Waals surface area contributed by atoms with Crippen LogP contribution in [0.25, 0.3) is 0 Å². The van der Waals surface area contributed by atoms with Crippen molar-refractivity contribution in [3.63, 3.8) is 0 Å². The minimum absolute atomic E-state index is 0.0916. The molecule has 2 aromatic rings. The quantitative estimate of drug-likeness (QED) is 0.361. The average Bonchev–Trinajstić information content (AvgIpc) is 2.82. The number of hydrogen-bond acceptors (Lipinski definition) is 4. The highest BCUT2D eigenvalue weighted by Gasteiger charge is 2.42. The van der Waals surface area contributed by atoms with Crippen molar-refractivity contribution in [1.29, 1.82) is 0 Å². The largest absolute Gasteiger partial charge is 0.444 e. The van der Waals surface area contributed by atoms with Gasteiger partial charge in [0.25, 0.3) is 5.91 Å². The van der Waals surface area contributed by atoms with E-state index in [0.29, 0.717) is 12.1 Å². The van der Waals surface area contributed by atoms with E-state index in [1.54, 1.807) is 25.7 Å². The van der Waals surface area contributed by atoms with E-state index in [9.17, 15) is 14.4 Å². The molecule has 1 aliphatic rings. The molecule has 7 heteroatoms. The van der Waals surface area contributed by atoms with E-state index in [4.69, 9.17) is 4.74 Å². The molecule has 1 saturated carbocycles. The predicted molar refractivity (Wildman–Crippen MR) is 155 cm³/mol. The monoisotopic (exact) mass is 535 g/mol. The molecule has 1 aliphatic carbocycles. The number of aryl methyl sites for hydroxylation is 2. The molecule has 0 radical (unpaired) electrons. The number of carbonyl (C=O) groups excluding carboxylic acids is 3. The lowest BCUT2D eigenvalue weighted by Crippen LogP contribution is -2.57. The molecule has 3 amide bonds. The molecular weight excluding hydrogens is 490 g/mol. The third kappa shape index (κ3) is 8.32. The van der Waals surface area contributed by atoms with Crippen LogP contribution in [0.3, 0.4) is 0 Å². The fraction of sp³-hybridized carbons (Fsp3) is 0.531. The Kier molecular flexibility index (Phi) is 10.2. The molecule has 2 atom stereocenters. The van der Waals surface area contributed by atoms with Crippen molar-refractivity contribution >= 4 is 23.6 Å². The number of hydrogen-bond donors (Lipinski definition) is 2. The van der Waals surface area contributed by atoms with Crippen LogP contribution in [0.4, 0.5) is 10.5 Å².